The predicted molar refractivity (Wildman–Crippen MR) is 87.4 cm³/mol. The summed E-state index contributed by atoms with van der Waals surface area (Å²) >= 11 is 1.74. The van der Waals surface area contributed by atoms with Crippen LogP contribution in [0.15, 0.2) is 35.2 Å². The van der Waals surface area contributed by atoms with Crippen molar-refractivity contribution in [1.29, 1.82) is 0 Å². The molecule has 0 aliphatic rings. The zero-order valence-corrected chi connectivity index (χ0v) is 13.1. The zero-order valence-electron chi connectivity index (χ0n) is 12.3. The van der Waals surface area contributed by atoms with Crippen LogP contribution in [0.5, 0.6) is 0 Å². The van der Waals surface area contributed by atoms with E-state index in [9.17, 15) is 0 Å². The molecular formula is C16H21N3S. The lowest BCUT2D eigenvalue weighted by Crippen LogP contribution is -2.04. The molecule has 1 aromatic heterocycles. The Hall–Kier alpha value is -1.55. The molecular weight excluding hydrogens is 266 g/mol. The summed E-state index contributed by atoms with van der Waals surface area (Å²) in [5.74, 6) is 1.72. The maximum absolute atomic E-state index is 4.67. The molecule has 2 aromatic rings. The average molecular weight is 287 g/mol. The van der Waals surface area contributed by atoms with Gasteiger partial charge < -0.3 is 5.32 Å². The van der Waals surface area contributed by atoms with Gasteiger partial charge in [-0.2, -0.15) is 0 Å². The van der Waals surface area contributed by atoms with Gasteiger partial charge >= 0.3 is 0 Å². The van der Waals surface area contributed by atoms with E-state index >= 15 is 0 Å². The first-order valence-corrected chi connectivity index (χ1v) is 8.25. The number of rotatable bonds is 6. The van der Waals surface area contributed by atoms with Crippen LogP contribution in [-0.2, 0) is 6.42 Å². The second-order valence-electron chi connectivity index (χ2n) is 4.58. The maximum Gasteiger partial charge on any atom is 0.161 e. The molecule has 0 atom stereocenters. The molecule has 0 aliphatic carbocycles. The average Bonchev–Trinajstić information content (AvgIpc) is 2.48. The number of benzene rings is 1. The smallest absolute Gasteiger partial charge is 0.161 e. The van der Waals surface area contributed by atoms with Gasteiger partial charge in [-0.3, -0.25) is 0 Å². The van der Waals surface area contributed by atoms with E-state index in [2.05, 4.69) is 59.7 Å². The largest absolute Gasteiger partial charge is 0.370 e. The molecule has 0 saturated carbocycles. The maximum atomic E-state index is 4.67. The van der Waals surface area contributed by atoms with Crippen LogP contribution < -0.4 is 5.32 Å². The second kappa shape index (κ2) is 7.29. The van der Waals surface area contributed by atoms with Crippen LogP contribution in [0.2, 0.25) is 0 Å². The molecule has 1 aromatic carbocycles. The van der Waals surface area contributed by atoms with E-state index in [1.165, 1.54) is 4.90 Å². The van der Waals surface area contributed by atoms with Crippen LogP contribution in [0.1, 0.15) is 26.0 Å². The summed E-state index contributed by atoms with van der Waals surface area (Å²) in [6, 6.07) is 10.5. The van der Waals surface area contributed by atoms with Crippen molar-refractivity contribution in [3.8, 4) is 11.4 Å². The van der Waals surface area contributed by atoms with Crippen molar-refractivity contribution in [2.75, 3.05) is 18.1 Å². The fraction of sp³-hybridized carbons (Fsp3) is 0.375. The number of nitrogens with zero attached hydrogens (tertiary/aromatic N) is 2. The molecule has 0 spiro atoms. The number of hydrogen-bond acceptors (Lipinski definition) is 4. The van der Waals surface area contributed by atoms with Gasteiger partial charge in [-0.1, -0.05) is 25.5 Å². The van der Waals surface area contributed by atoms with E-state index in [0.29, 0.717) is 0 Å². The standard InChI is InChI=1S/C16H21N3S/c1-4-6-13-11-15(17-5-2)19-16(18-13)12-7-9-14(20-3)10-8-12/h7-11H,4-6H2,1-3H3,(H,17,18,19). The number of anilines is 1. The Morgan fingerprint density at radius 2 is 1.85 bits per heavy atom. The first kappa shape index (κ1) is 14.9. The van der Waals surface area contributed by atoms with E-state index in [0.717, 1.165) is 42.3 Å². The van der Waals surface area contributed by atoms with E-state index in [4.69, 9.17) is 0 Å². The highest BCUT2D eigenvalue weighted by Crippen LogP contribution is 2.22. The predicted octanol–water partition coefficient (Wildman–Crippen LogP) is 4.25. The molecule has 106 valence electrons. The van der Waals surface area contributed by atoms with Crippen LogP contribution in [0, 0.1) is 0 Å². The molecule has 0 bridgehead atoms. The first-order valence-electron chi connectivity index (χ1n) is 7.03. The van der Waals surface area contributed by atoms with Crippen LogP contribution in [-0.4, -0.2) is 22.8 Å². The van der Waals surface area contributed by atoms with E-state index in [-0.39, 0.29) is 0 Å². The van der Waals surface area contributed by atoms with E-state index < -0.39 is 0 Å². The molecule has 0 saturated heterocycles. The molecule has 1 N–H and O–H groups in total. The van der Waals surface area contributed by atoms with Gasteiger partial charge in [0.1, 0.15) is 5.82 Å². The minimum atomic E-state index is 0.805. The molecule has 4 heteroatoms. The summed E-state index contributed by atoms with van der Waals surface area (Å²) in [6.07, 6.45) is 4.15. The van der Waals surface area contributed by atoms with E-state index in [1.807, 2.05) is 6.07 Å². The van der Waals surface area contributed by atoms with Gasteiger partial charge in [-0.05, 0) is 31.7 Å². The minimum absolute atomic E-state index is 0.805. The topological polar surface area (TPSA) is 37.8 Å². The molecule has 2 rings (SSSR count). The van der Waals surface area contributed by atoms with Crippen molar-refractivity contribution in [1.82, 2.24) is 9.97 Å². The van der Waals surface area contributed by atoms with Crippen LogP contribution in [0.25, 0.3) is 11.4 Å². The number of aryl methyl sites for hydroxylation is 1. The highest BCUT2D eigenvalue weighted by Gasteiger charge is 2.06. The van der Waals surface area contributed by atoms with Gasteiger partial charge in [0.15, 0.2) is 5.82 Å². The van der Waals surface area contributed by atoms with Gasteiger partial charge in [-0.25, -0.2) is 9.97 Å². The molecule has 0 aliphatic heterocycles. The molecule has 0 unspecified atom stereocenters. The third kappa shape index (κ3) is 3.73. The molecule has 3 nitrogen and oxygen atoms in total. The van der Waals surface area contributed by atoms with Crippen LogP contribution in [0.4, 0.5) is 5.82 Å². The first-order chi connectivity index (χ1) is 9.76. The lowest BCUT2D eigenvalue weighted by atomic mass is 10.2. The summed E-state index contributed by atoms with van der Waals surface area (Å²) in [5.41, 5.74) is 2.17. The van der Waals surface area contributed by atoms with Crippen molar-refractivity contribution in [2.45, 2.75) is 31.6 Å². The van der Waals surface area contributed by atoms with Crippen molar-refractivity contribution >= 4 is 17.6 Å². The van der Waals surface area contributed by atoms with Crippen LogP contribution in [0.3, 0.4) is 0 Å². The lowest BCUT2D eigenvalue weighted by Gasteiger charge is -2.09. The SMILES string of the molecule is CCCc1cc(NCC)nc(-c2ccc(SC)cc2)n1. The fourth-order valence-electron chi connectivity index (χ4n) is 2.02. The highest BCUT2D eigenvalue weighted by molar-refractivity contribution is 7.98. The summed E-state index contributed by atoms with van der Waals surface area (Å²) in [6.45, 7) is 5.12. The second-order valence-corrected chi connectivity index (χ2v) is 5.46. The van der Waals surface area contributed by atoms with Crippen molar-refractivity contribution < 1.29 is 0 Å². The van der Waals surface area contributed by atoms with Gasteiger partial charge in [0.2, 0.25) is 0 Å². The third-order valence-corrected chi connectivity index (χ3v) is 3.74. The van der Waals surface area contributed by atoms with Gasteiger partial charge in [-0.15, -0.1) is 11.8 Å². The Labute approximate surface area is 125 Å². The molecule has 0 fully saturated rings. The Bertz CT molecular complexity index is 528. The molecule has 20 heavy (non-hydrogen) atoms. The number of hydrogen-bond donors (Lipinski definition) is 1. The molecule has 1 heterocycles. The van der Waals surface area contributed by atoms with Crippen LogP contribution >= 0.6 is 11.8 Å². The van der Waals surface area contributed by atoms with Crippen molar-refractivity contribution in [2.24, 2.45) is 0 Å². The summed E-state index contributed by atoms with van der Waals surface area (Å²) in [4.78, 5) is 10.5. The van der Waals surface area contributed by atoms with Crippen molar-refractivity contribution in [3.63, 3.8) is 0 Å². The quantitative estimate of drug-likeness (QED) is 0.806. The lowest BCUT2D eigenvalue weighted by molar-refractivity contribution is 0.875. The van der Waals surface area contributed by atoms with E-state index in [1.54, 1.807) is 11.8 Å². The Kier molecular flexibility index (Phi) is 5.41. The normalized spacial score (nSPS) is 10.6. The fourth-order valence-corrected chi connectivity index (χ4v) is 2.43. The number of nitrogens with one attached hydrogen (secondary N) is 1. The van der Waals surface area contributed by atoms with Gasteiger partial charge in [0.25, 0.3) is 0 Å². The zero-order chi connectivity index (χ0) is 14.4. The molecule has 0 radical (unpaired) electrons. The monoisotopic (exact) mass is 287 g/mol. The van der Waals surface area contributed by atoms with Gasteiger partial charge in [0.05, 0.1) is 0 Å². The summed E-state index contributed by atoms with van der Waals surface area (Å²) < 4.78 is 0. The minimum Gasteiger partial charge on any atom is -0.370 e. The Morgan fingerprint density at radius 3 is 2.45 bits per heavy atom. The third-order valence-electron chi connectivity index (χ3n) is 2.99. The van der Waals surface area contributed by atoms with Gasteiger partial charge in [0, 0.05) is 28.8 Å². The summed E-state index contributed by atoms with van der Waals surface area (Å²) in [5, 5.41) is 3.28. The Balaban J connectivity index is 2.37. The number of aromatic nitrogens is 2. The highest BCUT2D eigenvalue weighted by atomic mass is 32.2. The van der Waals surface area contributed by atoms with Crippen molar-refractivity contribution in [3.05, 3.63) is 36.0 Å². The number of thioether (sulfide) groups is 1. The summed E-state index contributed by atoms with van der Waals surface area (Å²) in [7, 11) is 0. The Morgan fingerprint density at radius 1 is 1.10 bits per heavy atom. The molecule has 0 amide bonds.